The lowest BCUT2D eigenvalue weighted by Crippen LogP contribution is -2.31. The summed E-state index contributed by atoms with van der Waals surface area (Å²) in [5.74, 6) is 6.05. The van der Waals surface area contributed by atoms with Crippen LogP contribution in [0.1, 0.15) is 23.1 Å². The maximum Gasteiger partial charge on any atom is 0.152 e. The van der Waals surface area contributed by atoms with Crippen LogP contribution in [-0.2, 0) is 0 Å². The molecule has 2 heterocycles. The standard InChI is InChI=1S/C10H12N6/c1-7-4-14-10(15-5-7)9(16-11)8-6-12-2-3-13-8/h2-6,9,16H,11H2,1H3. The highest BCUT2D eigenvalue weighted by Crippen LogP contribution is 2.13. The predicted octanol–water partition coefficient (Wildman–Crippen LogP) is 0.128. The summed E-state index contributed by atoms with van der Waals surface area (Å²) in [6, 6.07) is -0.339. The molecule has 6 nitrogen and oxygen atoms in total. The Balaban J connectivity index is 2.33. The molecule has 82 valence electrons. The average molecular weight is 216 g/mol. The van der Waals surface area contributed by atoms with Crippen LogP contribution in [0, 0.1) is 6.92 Å². The molecular formula is C10H12N6. The van der Waals surface area contributed by atoms with Gasteiger partial charge in [0, 0.05) is 24.8 Å². The van der Waals surface area contributed by atoms with Crippen molar-refractivity contribution in [1.82, 2.24) is 25.4 Å². The molecule has 16 heavy (non-hydrogen) atoms. The smallest absolute Gasteiger partial charge is 0.152 e. The van der Waals surface area contributed by atoms with Gasteiger partial charge in [-0.1, -0.05) is 0 Å². The van der Waals surface area contributed by atoms with Gasteiger partial charge in [-0.05, 0) is 12.5 Å². The number of rotatable bonds is 3. The molecule has 0 aliphatic carbocycles. The van der Waals surface area contributed by atoms with E-state index in [0.717, 1.165) is 5.56 Å². The van der Waals surface area contributed by atoms with E-state index in [1.807, 2.05) is 6.92 Å². The molecule has 0 radical (unpaired) electrons. The zero-order valence-corrected chi connectivity index (χ0v) is 8.83. The Labute approximate surface area is 93.0 Å². The Morgan fingerprint density at radius 1 is 1.12 bits per heavy atom. The fourth-order valence-electron chi connectivity index (χ4n) is 1.30. The van der Waals surface area contributed by atoms with Crippen molar-refractivity contribution < 1.29 is 0 Å². The molecule has 0 aromatic carbocycles. The Morgan fingerprint density at radius 2 is 1.88 bits per heavy atom. The Kier molecular flexibility index (Phi) is 3.13. The van der Waals surface area contributed by atoms with Crippen molar-refractivity contribution in [2.24, 2.45) is 5.84 Å². The number of nitrogens with two attached hydrogens (primary N) is 1. The van der Waals surface area contributed by atoms with Crippen LogP contribution in [0.15, 0.2) is 31.0 Å². The Morgan fingerprint density at radius 3 is 2.44 bits per heavy atom. The fourth-order valence-corrected chi connectivity index (χ4v) is 1.30. The quantitative estimate of drug-likeness (QED) is 0.560. The van der Waals surface area contributed by atoms with Gasteiger partial charge >= 0.3 is 0 Å². The van der Waals surface area contributed by atoms with Gasteiger partial charge in [-0.3, -0.25) is 15.8 Å². The largest absolute Gasteiger partial charge is 0.270 e. The van der Waals surface area contributed by atoms with Gasteiger partial charge in [0.2, 0.25) is 0 Å². The van der Waals surface area contributed by atoms with Gasteiger partial charge in [0.05, 0.1) is 11.9 Å². The number of aryl methyl sites for hydroxylation is 1. The van der Waals surface area contributed by atoms with Crippen molar-refractivity contribution >= 4 is 0 Å². The van der Waals surface area contributed by atoms with E-state index in [1.165, 1.54) is 0 Å². The zero-order chi connectivity index (χ0) is 11.4. The van der Waals surface area contributed by atoms with Crippen molar-refractivity contribution in [2.45, 2.75) is 13.0 Å². The number of nitrogens with zero attached hydrogens (tertiary/aromatic N) is 4. The third kappa shape index (κ3) is 2.18. The molecule has 0 aliphatic rings. The number of aromatic nitrogens is 4. The molecule has 2 aromatic heterocycles. The van der Waals surface area contributed by atoms with E-state index in [0.29, 0.717) is 11.5 Å². The fraction of sp³-hybridized carbons (Fsp3) is 0.200. The number of hydrogen-bond acceptors (Lipinski definition) is 6. The van der Waals surface area contributed by atoms with Crippen molar-refractivity contribution in [1.29, 1.82) is 0 Å². The Bertz CT molecular complexity index is 441. The van der Waals surface area contributed by atoms with Crippen LogP contribution in [0.3, 0.4) is 0 Å². The molecule has 0 amide bonds. The first-order valence-corrected chi connectivity index (χ1v) is 4.82. The van der Waals surface area contributed by atoms with Crippen LogP contribution in [0.4, 0.5) is 0 Å². The highest BCUT2D eigenvalue weighted by Gasteiger charge is 2.16. The Hall–Kier alpha value is -1.92. The van der Waals surface area contributed by atoms with Crippen LogP contribution < -0.4 is 11.3 Å². The summed E-state index contributed by atoms with van der Waals surface area (Å²) < 4.78 is 0. The lowest BCUT2D eigenvalue weighted by Gasteiger charge is -2.12. The molecule has 6 heteroatoms. The minimum Gasteiger partial charge on any atom is -0.270 e. The van der Waals surface area contributed by atoms with Crippen molar-refractivity contribution in [3.05, 3.63) is 48.1 Å². The van der Waals surface area contributed by atoms with Gasteiger partial charge in [0.25, 0.3) is 0 Å². The first-order valence-electron chi connectivity index (χ1n) is 4.82. The molecule has 1 unspecified atom stereocenters. The van der Waals surface area contributed by atoms with E-state index < -0.39 is 0 Å². The van der Waals surface area contributed by atoms with E-state index >= 15 is 0 Å². The molecule has 1 atom stereocenters. The minimum atomic E-state index is -0.339. The highest BCUT2D eigenvalue weighted by molar-refractivity contribution is 5.14. The summed E-state index contributed by atoms with van der Waals surface area (Å²) in [4.78, 5) is 16.6. The van der Waals surface area contributed by atoms with Crippen molar-refractivity contribution in [3.8, 4) is 0 Å². The van der Waals surface area contributed by atoms with Crippen molar-refractivity contribution in [2.75, 3.05) is 0 Å². The maximum absolute atomic E-state index is 5.48. The lowest BCUT2D eigenvalue weighted by molar-refractivity contribution is 0.584. The second-order valence-corrected chi connectivity index (χ2v) is 3.35. The first-order chi connectivity index (χ1) is 7.81. The van der Waals surface area contributed by atoms with E-state index in [1.54, 1.807) is 31.0 Å². The van der Waals surface area contributed by atoms with Gasteiger partial charge in [-0.25, -0.2) is 15.4 Å². The van der Waals surface area contributed by atoms with Crippen LogP contribution in [0.2, 0.25) is 0 Å². The lowest BCUT2D eigenvalue weighted by atomic mass is 10.2. The monoisotopic (exact) mass is 216 g/mol. The van der Waals surface area contributed by atoms with E-state index in [4.69, 9.17) is 5.84 Å². The second-order valence-electron chi connectivity index (χ2n) is 3.35. The first kappa shape index (κ1) is 10.6. The van der Waals surface area contributed by atoms with Crippen LogP contribution >= 0.6 is 0 Å². The number of nitrogens with one attached hydrogen (secondary N) is 1. The second kappa shape index (κ2) is 4.73. The molecule has 0 saturated carbocycles. The van der Waals surface area contributed by atoms with Gasteiger partial charge in [-0.2, -0.15) is 0 Å². The van der Waals surface area contributed by atoms with E-state index in [-0.39, 0.29) is 6.04 Å². The van der Waals surface area contributed by atoms with E-state index in [9.17, 15) is 0 Å². The van der Waals surface area contributed by atoms with E-state index in [2.05, 4.69) is 25.4 Å². The van der Waals surface area contributed by atoms with Gasteiger partial charge < -0.3 is 0 Å². The normalized spacial score (nSPS) is 12.4. The van der Waals surface area contributed by atoms with Crippen LogP contribution in [0.5, 0.6) is 0 Å². The predicted molar refractivity (Wildman–Crippen MR) is 58.0 cm³/mol. The summed E-state index contributed by atoms with van der Waals surface area (Å²) in [6.07, 6.45) is 8.32. The highest BCUT2D eigenvalue weighted by atomic mass is 15.3. The van der Waals surface area contributed by atoms with Gasteiger partial charge in [0.1, 0.15) is 6.04 Å². The molecule has 0 saturated heterocycles. The summed E-state index contributed by atoms with van der Waals surface area (Å²) in [5, 5.41) is 0. The molecule has 0 bridgehead atoms. The minimum absolute atomic E-state index is 0.339. The molecule has 3 N–H and O–H groups in total. The SMILES string of the molecule is Cc1cnc(C(NN)c2cnccn2)nc1. The van der Waals surface area contributed by atoms with Crippen LogP contribution in [0.25, 0.3) is 0 Å². The zero-order valence-electron chi connectivity index (χ0n) is 8.83. The maximum atomic E-state index is 5.48. The number of hydrogen-bond donors (Lipinski definition) is 2. The third-order valence-electron chi connectivity index (χ3n) is 2.10. The molecule has 0 fully saturated rings. The summed E-state index contributed by atoms with van der Waals surface area (Å²) in [5.41, 5.74) is 4.31. The molecular weight excluding hydrogens is 204 g/mol. The van der Waals surface area contributed by atoms with Crippen LogP contribution in [-0.4, -0.2) is 19.9 Å². The molecule has 0 spiro atoms. The summed E-state index contributed by atoms with van der Waals surface area (Å²) >= 11 is 0. The van der Waals surface area contributed by atoms with Crippen molar-refractivity contribution in [3.63, 3.8) is 0 Å². The number of hydrazine groups is 1. The molecule has 0 aliphatic heterocycles. The average Bonchev–Trinajstić information content (AvgIpc) is 2.34. The molecule has 2 rings (SSSR count). The molecule has 2 aromatic rings. The van der Waals surface area contributed by atoms with Gasteiger partial charge in [-0.15, -0.1) is 0 Å². The summed E-state index contributed by atoms with van der Waals surface area (Å²) in [6.45, 7) is 1.93. The van der Waals surface area contributed by atoms with Gasteiger partial charge in [0.15, 0.2) is 5.82 Å². The third-order valence-corrected chi connectivity index (χ3v) is 2.10. The topological polar surface area (TPSA) is 89.6 Å². The summed E-state index contributed by atoms with van der Waals surface area (Å²) in [7, 11) is 0.